The minimum absolute atomic E-state index is 0.0509. The fourth-order valence-corrected chi connectivity index (χ4v) is 1.43. The Hall–Kier alpha value is -1.59. The number of anilines is 1. The molecule has 0 fully saturated rings. The van der Waals surface area contributed by atoms with Gasteiger partial charge >= 0.3 is 6.09 Å². The molecule has 0 unspecified atom stereocenters. The summed E-state index contributed by atoms with van der Waals surface area (Å²) in [5, 5.41) is 0.826. The van der Waals surface area contributed by atoms with E-state index in [-0.39, 0.29) is 23.4 Å². The Bertz CT molecular complexity index is 470. The van der Waals surface area contributed by atoms with Crippen LogP contribution in [-0.2, 0) is 4.74 Å². The van der Waals surface area contributed by atoms with Crippen molar-refractivity contribution in [2.24, 2.45) is 0 Å². The first-order valence-corrected chi connectivity index (χ1v) is 5.68. The molecule has 96 valence electrons. The lowest BCUT2D eigenvalue weighted by Gasteiger charge is -2.07. The maximum Gasteiger partial charge on any atom is 0.411 e. The van der Waals surface area contributed by atoms with Crippen LogP contribution >= 0.6 is 23.2 Å². The zero-order valence-corrected chi connectivity index (χ0v) is 10.8. The molecule has 0 saturated heterocycles. The van der Waals surface area contributed by atoms with Gasteiger partial charge < -0.3 is 4.74 Å². The van der Waals surface area contributed by atoms with E-state index in [1.54, 1.807) is 6.92 Å². The van der Waals surface area contributed by atoms with Gasteiger partial charge in [0.1, 0.15) is 0 Å². The van der Waals surface area contributed by atoms with Crippen LogP contribution in [0.3, 0.4) is 0 Å². The molecular weight excluding hydrogens is 281 g/mol. The number of hydrogen-bond acceptors (Lipinski definition) is 4. The van der Waals surface area contributed by atoms with Gasteiger partial charge in [0.25, 0.3) is 10.5 Å². The number of carbonyl (C=O) groups is 3. The number of halogens is 2. The number of hydrogen-bond donors (Lipinski definition) is 1. The largest absolute Gasteiger partial charge is 0.450 e. The average Bonchev–Trinajstić information content (AvgIpc) is 2.28. The Morgan fingerprint density at radius 1 is 1.11 bits per heavy atom. The van der Waals surface area contributed by atoms with Crippen LogP contribution in [0.5, 0.6) is 0 Å². The van der Waals surface area contributed by atoms with Crippen molar-refractivity contribution in [3.05, 3.63) is 29.3 Å². The van der Waals surface area contributed by atoms with Crippen LogP contribution in [0, 0.1) is 0 Å². The van der Waals surface area contributed by atoms with Crippen molar-refractivity contribution in [3.8, 4) is 0 Å². The standard InChI is InChI=1S/C11H9Cl2NO4/c1-2-18-11(17)14-8-4-6(9(12)15)3-7(5-8)10(13)16/h3-5H,2H2,1H3,(H,14,17). The second kappa shape index (κ2) is 6.37. The van der Waals surface area contributed by atoms with Gasteiger partial charge in [-0.05, 0) is 48.3 Å². The lowest BCUT2D eigenvalue weighted by molar-refractivity contribution is 0.108. The highest BCUT2D eigenvalue weighted by atomic mass is 35.5. The topological polar surface area (TPSA) is 72.5 Å². The average molecular weight is 290 g/mol. The van der Waals surface area contributed by atoms with Crippen molar-refractivity contribution in [1.82, 2.24) is 0 Å². The van der Waals surface area contributed by atoms with Crippen molar-refractivity contribution in [3.63, 3.8) is 0 Å². The third-order valence-corrected chi connectivity index (χ3v) is 2.35. The predicted octanol–water partition coefficient (Wildman–Crippen LogP) is 3.01. The van der Waals surface area contributed by atoms with E-state index >= 15 is 0 Å². The van der Waals surface area contributed by atoms with Gasteiger partial charge in [0, 0.05) is 16.8 Å². The summed E-state index contributed by atoms with van der Waals surface area (Å²) in [7, 11) is 0. The van der Waals surface area contributed by atoms with Crippen molar-refractivity contribution in [2.75, 3.05) is 11.9 Å². The molecule has 18 heavy (non-hydrogen) atoms. The third kappa shape index (κ3) is 4.01. The first-order chi connectivity index (χ1) is 8.43. The van der Waals surface area contributed by atoms with Crippen molar-refractivity contribution < 1.29 is 19.1 Å². The number of carbonyl (C=O) groups excluding carboxylic acids is 3. The minimum Gasteiger partial charge on any atom is -0.450 e. The first kappa shape index (κ1) is 14.5. The molecule has 1 N–H and O–H groups in total. The summed E-state index contributed by atoms with van der Waals surface area (Å²) < 4.78 is 4.66. The Labute approximate surface area is 113 Å². The van der Waals surface area contributed by atoms with Gasteiger partial charge in [-0.1, -0.05) is 0 Å². The summed E-state index contributed by atoms with van der Waals surface area (Å²) >= 11 is 10.6. The van der Waals surface area contributed by atoms with Crippen molar-refractivity contribution >= 4 is 45.5 Å². The Morgan fingerprint density at radius 2 is 1.61 bits per heavy atom. The Kier molecular flexibility index (Phi) is 5.12. The lowest BCUT2D eigenvalue weighted by Crippen LogP contribution is -2.14. The number of amides is 1. The molecule has 0 atom stereocenters. The summed E-state index contributed by atoms with van der Waals surface area (Å²) in [6.07, 6.45) is -0.704. The summed E-state index contributed by atoms with van der Waals surface area (Å²) in [4.78, 5) is 33.3. The van der Waals surface area contributed by atoms with Gasteiger partial charge in [-0.2, -0.15) is 0 Å². The maximum absolute atomic E-state index is 11.2. The second-order valence-corrected chi connectivity index (χ2v) is 3.88. The monoisotopic (exact) mass is 289 g/mol. The number of nitrogens with one attached hydrogen (secondary N) is 1. The van der Waals surface area contributed by atoms with E-state index in [0.717, 1.165) is 0 Å². The van der Waals surface area contributed by atoms with E-state index in [1.807, 2.05) is 0 Å². The first-order valence-electron chi connectivity index (χ1n) is 4.92. The highest BCUT2D eigenvalue weighted by molar-refractivity contribution is 6.69. The van der Waals surface area contributed by atoms with Crippen LogP contribution in [-0.4, -0.2) is 23.2 Å². The number of ether oxygens (including phenoxy) is 1. The molecule has 1 aromatic rings. The van der Waals surface area contributed by atoms with E-state index in [1.165, 1.54) is 18.2 Å². The van der Waals surface area contributed by atoms with Gasteiger partial charge in [0.05, 0.1) is 6.61 Å². The van der Waals surface area contributed by atoms with Gasteiger partial charge in [-0.25, -0.2) is 4.79 Å². The second-order valence-electron chi connectivity index (χ2n) is 3.19. The molecule has 1 rings (SSSR count). The SMILES string of the molecule is CCOC(=O)Nc1cc(C(=O)Cl)cc(C(=O)Cl)c1. The van der Waals surface area contributed by atoms with Crippen LogP contribution in [0.15, 0.2) is 18.2 Å². The predicted molar refractivity (Wildman–Crippen MR) is 67.5 cm³/mol. The Morgan fingerprint density at radius 3 is 2.00 bits per heavy atom. The molecule has 5 nitrogen and oxygen atoms in total. The molecule has 1 amide bonds. The molecule has 0 heterocycles. The van der Waals surface area contributed by atoms with Crippen LogP contribution in [0.2, 0.25) is 0 Å². The Balaban J connectivity index is 3.07. The van der Waals surface area contributed by atoms with Crippen LogP contribution in [0.4, 0.5) is 10.5 Å². The quantitative estimate of drug-likeness (QED) is 0.865. The minimum atomic E-state index is -0.762. The van der Waals surface area contributed by atoms with Gasteiger partial charge in [0.15, 0.2) is 0 Å². The highest BCUT2D eigenvalue weighted by Crippen LogP contribution is 2.18. The normalized spacial score (nSPS) is 9.72. The molecule has 1 aromatic carbocycles. The molecule has 0 aliphatic carbocycles. The van der Waals surface area contributed by atoms with Crippen LogP contribution in [0.1, 0.15) is 27.6 Å². The molecule has 0 aromatic heterocycles. The van der Waals surface area contributed by atoms with E-state index < -0.39 is 16.6 Å². The molecule has 0 aliphatic heterocycles. The van der Waals surface area contributed by atoms with Crippen LogP contribution in [0.25, 0.3) is 0 Å². The fraction of sp³-hybridized carbons (Fsp3) is 0.182. The molecule has 0 saturated carbocycles. The third-order valence-electron chi connectivity index (χ3n) is 1.91. The molecular formula is C11H9Cl2NO4. The molecule has 0 spiro atoms. The maximum atomic E-state index is 11.2. The van der Waals surface area contributed by atoms with Gasteiger partial charge in [-0.15, -0.1) is 0 Å². The number of rotatable bonds is 4. The summed E-state index contributed by atoms with van der Waals surface area (Å²) in [5.41, 5.74) is 0.300. The van der Waals surface area contributed by atoms with Crippen molar-refractivity contribution in [2.45, 2.75) is 6.92 Å². The summed E-state index contributed by atoms with van der Waals surface area (Å²) in [6.45, 7) is 1.84. The highest BCUT2D eigenvalue weighted by Gasteiger charge is 2.12. The van der Waals surface area contributed by atoms with Crippen LogP contribution < -0.4 is 5.32 Å². The number of benzene rings is 1. The van der Waals surface area contributed by atoms with Crippen molar-refractivity contribution in [1.29, 1.82) is 0 Å². The van der Waals surface area contributed by atoms with E-state index in [4.69, 9.17) is 23.2 Å². The fourth-order valence-electron chi connectivity index (χ4n) is 1.21. The van der Waals surface area contributed by atoms with E-state index in [9.17, 15) is 14.4 Å². The zero-order valence-electron chi connectivity index (χ0n) is 9.33. The molecule has 0 radical (unpaired) electrons. The lowest BCUT2D eigenvalue weighted by atomic mass is 10.1. The molecule has 0 aliphatic rings. The molecule has 0 bridgehead atoms. The molecule has 7 heteroatoms. The summed E-state index contributed by atoms with van der Waals surface area (Å²) in [6, 6.07) is 3.87. The van der Waals surface area contributed by atoms with E-state index in [0.29, 0.717) is 0 Å². The summed E-state index contributed by atoms with van der Waals surface area (Å²) in [5.74, 6) is 0. The van der Waals surface area contributed by atoms with Gasteiger partial charge in [0.2, 0.25) is 0 Å². The van der Waals surface area contributed by atoms with E-state index in [2.05, 4.69) is 10.1 Å². The smallest absolute Gasteiger partial charge is 0.411 e. The zero-order chi connectivity index (χ0) is 13.7. The van der Waals surface area contributed by atoms with Gasteiger partial charge in [-0.3, -0.25) is 14.9 Å².